The van der Waals surface area contributed by atoms with Gasteiger partial charge in [-0.2, -0.15) is 0 Å². The number of anilines is 1. The summed E-state index contributed by atoms with van der Waals surface area (Å²) in [7, 11) is 0. The van der Waals surface area contributed by atoms with E-state index in [1.165, 1.54) is 41.9 Å². The predicted molar refractivity (Wildman–Crippen MR) is 120 cm³/mol. The molecule has 2 aromatic rings. The second-order valence-corrected chi connectivity index (χ2v) is 8.37. The van der Waals surface area contributed by atoms with Gasteiger partial charge in [0.2, 0.25) is 5.91 Å². The van der Waals surface area contributed by atoms with Crippen LogP contribution in [-0.4, -0.2) is 29.4 Å². The molecule has 156 valence electrons. The van der Waals surface area contributed by atoms with Crippen molar-refractivity contribution in [3.05, 3.63) is 33.5 Å². The van der Waals surface area contributed by atoms with Crippen molar-refractivity contribution in [1.82, 2.24) is 10.3 Å². The first-order valence-electron chi connectivity index (χ1n) is 8.94. The Labute approximate surface area is 185 Å². The Bertz CT molecular complexity index is 734. The molecule has 0 aromatic carbocycles. The molecule has 2 heterocycles. The molecule has 1 aliphatic rings. The summed E-state index contributed by atoms with van der Waals surface area (Å²) in [5, 5.41) is 10.0. The first kappa shape index (κ1) is 24.8. The second kappa shape index (κ2) is 12.4. The highest BCUT2D eigenvalue weighted by molar-refractivity contribution is 7.14. The van der Waals surface area contributed by atoms with Crippen molar-refractivity contribution >= 4 is 64.4 Å². The van der Waals surface area contributed by atoms with E-state index >= 15 is 0 Å². The summed E-state index contributed by atoms with van der Waals surface area (Å²) >= 11 is 2.71. The van der Waals surface area contributed by atoms with Gasteiger partial charge in [-0.3, -0.25) is 14.9 Å². The summed E-state index contributed by atoms with van der Waals surface area (Å²) < 4.78 is 0. The Balaban J connectivity index is 0.00000196. The van der Waals surface area contributed by atoms with Gasteiger partial charge in [-0.25, -0.2) is 4.98 Å². The minimum atomic E-state index is -0.175. The van der Waals surface area contributed by atoms with Crippen LogP contribution in [0.4, 0.5) is 5.13 Å². The lowest BCUT2D eigenvalue weighted by atomic mass is 9.84. The van der Waals surface area contributed by atoms with Crippen molar-refractivity contribution in [1.29, 1.82) is 0 Å². The van der Waals surface area contributed by atoms with Gasteiger partial charge in [0.15, 0.2) is 5.13 Å². The lowest BCUT2D eigenvalue weighted by Gasteiger charge is -2.30. The number of thiazole rings is 1. The van der Waals surface area contributed by atoms with Crippen LogP contribution in [0.2, 0.25) is 0 Å². The van der Waals surface area contributed by atoms with Crippen LogP contribution in [0.25, 0.3) is 0 Å². The topological polar surface area (TPSA) is 97.1 Å². The number of nitrogens with zero attached hydrogens (tertiary/aromatic N) is 1. The molecule has 0 saturated heterocycles. The zero-order valence-corrected chi connectivity index (χ0v) is 18.7. The molecule has 1 unspecified atom stereocenters. The fourth-order valence-corrected chi connectivity index (χ4v) is 4.66. The van der Waals surface area contributed by atoms with Gasteiger partial charge in [0.05, 0.1) is 17.0 Å². The minimum absolute atomic E-state index is 0. The zero-order chi connectivity index (χ0) is 18.4. The molecule has 1 aliphatic carbocycles. The fourth-order valence-electron chi connectivity index (χ4n) is 3.34. The van der Waals surface area contributed by atoms with Crippen LogP contribution in [0, 0.1) is 5.92 Å². The summed E-state index contributed by atoms with van der Waals surface area (Å²) in [5.74, 6) is 0.243. The van der Waals surface area contributed by atoms with Gasteiger partial charge < -0.3 is 11.1 Å². The van der Waals surface area contributed by atoms with E-state index in [1.54, 1.807) is 6.07 Å². The summed E-state index contributed by atoms with van der Waals surface area (Å²) in [4.78, 5) is 29.4. The Morgan fingerprint density at radius 2 is 1.96 bits per heavy atom. The van der Waals surface area contributed by atoms with E-state index in [1.807, 2.05) is 16.8 Å². The fraction of sp³-hybridized carbons (Fsp3) is 0.500. The van der Waals surface area contributed by atoms with Crippen LogP contribution < -0.4 is 16.4 Å². The highest BCUT2D eigenvalue weighted by atomic mass is 35.5. The molecule has 0 spiro atoms. The van der Waals surface area contributed by atoms with Crippen molar-refractivity contribution in [2.45, 2.75) is 44.6 Å². The molecule has 0 aliphatic heterocycles. The quantitative estimate of drug-likeness (QED) is 0.578. The number of nitrogens with one attached hydrogen (secondary N) is 2. The zero-order valence-electron chi connectivity index (χ0n) is 15.4. The molecule has 4 N–H and O–H groups in total. The number of nitrogens with two attached hydrogens (primary N) is 1. The molecule has 10 heteroatoms. The molecule has 28 heavy (non-hydrogen) atoms. The Morgan fingerprint density at radius 1 is 1.21 bits per heavy atom. The first-order valence-corrected chi connectivity index (χ1v) is 10.7. The van der Waals surface area contributed by atoms with Crippen molar-refractivity contribution in [3.8, 4) is 0 Å². The molecule has 6 nitrogen and oxygen atoms in total. The molecular formula is C18H26Cl2N4O2S2. The largest absolute Gasteiger partial charge is 0.351 e. The molecule has 0 bridgehead atoms. The van der Waals surface area contributed by atoms with E-state index in [2.05, 4.69) is 15.6 Å². The standard InChI is InChI=1S/C18H24N4O2S2.2ClH/c19-10-14(12-5-2-1-3-6-12)21-16(23)9-13-11-26-18(20-13)22-17(24)15-7-4-8-25-15;;/h4,7-8,11-12,14H,1-3,5-6,9-10,19H2,(H,21,23)(H,20,22,24);2*1H. The number of hydrogen-bond acceptors (Lipinski definition) is 6. The smallest absolute Gasteiger partial charge is 0.267 e. The van der Waals surface area contributed by atoms with Gasteiger partial charge in [0.25, 0.3) is 5.91 Å². The Hall–Kier alpha value is -1.19. The molecule has 1 fully saturated rings. The van der Waals surface area contributed by atoms with E-state index in [0.29, 0.717) is 28.2 Å². The van der Waals surface area contributed by atoms with Gasteiger partial charge in [-0.05, 0) is 30.2 Å². The molecule has 2 amide bonds. The Morgan fingerprint density at radius 3 is 2.61 bits per heavy atom. The van der Waals surface area contributed by atoms with Gasteiger partial charge in [0.1, 0.15) is 0 Å². The number of carbonyl (C=O) groups excluding carboxylic acids is 2. The van der Waals surface area contributed by atoms with Crippen LogP contribution >= 0.6 is 47.5 Å². The van der Waals surface area contributed by atoms with Crippen molar-refractivity contribution in [3.63, 3.8) is 0 Å². The second-order valence-electron chi connectivity index (χ2n) is 6.56. The molecular weight excluding hydrogens is 439 g/mol. The van der Waals surface area contributed by atoms with Crippen molar-refractivity contribution in [2.24, 2.45) is 11.7 Å². The minimum Gasteiger partial charge on any atom is -0.351 e. The molecule has 1 atom stereocenters. The monoisotopic (exact) mass is 464 g/mol. The lowest BCUT2D eigenvalue weighted by molar-refractivity contribution is -0.121. The third kappa shape index (κ3) is 7.00. The van der Waals surface area contributed by atoms with E-state index in [9.17, 15) is 9.59 Å². The maximum atomic E-state index is 12.4. The van der Waals surface area contributed by atoms with Crippen LogP contribution in [0.1, 0.15) is 47.5 Å². The third-order valence-corrected chi connectivity index (χ3v) is 6.35. The highest BCUT2D eigenvalue weighted by Crippen LogP contribution is 2.26. The van der Waals surface area contributed by atoms with Gasteiger partial charge in [0, 0.05) is 18.0 Å². The molecule has 3 rings (SSSR count). The van der Waals surface area contributed by atoms with E-state index in [4.69, 9.17) is 5.73 Å². The average molecular weight is 465 g/mol. The van der Waals surface area contributed by atoms with E-state index < -0.39 is 0 Å². The lowest BCUT2D eigenvalue weighted by Crippen LogP contribution is -2.46. The summed E-state index contributed by atoms with van der Waals surface area (Å²) in [6.45, 7) is 0.468. The number of rotatable bonds is 7. The Kier molecular flexibility index (Phi) is 11.0. The normalized spacial score (nSPS) is 15.0. The number of aromatic nitrogens is 1. The maximum Gasteiger partial charge on any atom is 0.267 e. The maximum absolute atomic E-state index is 12.4. The molecule has 0 radical (unpaired) electrons. The summed E-state index contributed by atoms with van der Waals surface area (Å²) in [6, 6.07) is 3.64. The highest BCUT2D eigenvalue weighted by Gasteiger charge is 2.24. The van der Waals surface area contributed by atoms with Gasteiger partial charge in [-0.1, -0.05) is 25.3 Å². The predicted octanol–water partition coefficient (Wildman–Crippen LogP) is 3.87. The van der Waals surface area contributed by atoms with Crippen LogP contribution in [0.3, 0.4) is 0 Å². The number of halogens is 2. The number of amides is 2. The van der Waals surface area contributed by atoms with Crippen LogP contribution in [0.15, 0.2) is 22.9 Å². The SMILES string of the molecule is Cl.Cl.NCC(NC(=O)Cc1csc(NC(=O)c2cccs2)n1)C1CCCCC1. The third-order valence-electron chi connectivity index (χ3n) is 4.68. The summed E-state index contributed by atoms with van der Waals surface area (Å²) in [6.07, 6.45) is 6.19. The van der Waals surface area contributed by atoms with Crippen molar-refractivity contribution < 1.29 is 9.59 Å². The van der Waals surface area contributed by atoms with Crippen molar-refractivity contribution in [2.75, 3.05) is 11.9 Å². The molecule has 1 saturated carbocycles. The van der Waals surface area contributed by atoms with Gasteiger partial charge in [-0.15, -0.1) is 47.5 Å². The van der Waals surface area contributed by atoms with E-state index in [-0.39, 0.29) is 49.1 Å². The van der Waals surface area contributed by atoms with Crippen LogP contribution in [0.5, 0.6) is 0 Å². The number of thiophene rings is 1. The number of carbonyl (C=O) groups is 2. The van der Waals surface area contributed by atoms with Gasteiger partial charge >= 0.3 is 0 Å². The molecule has 2 aromatic heterocycles. The number of hydrogen-bond donors (Lipinski definition) is 3. The van der Waals surface area contributed by atoms with E-state index in [0.717, 1.165) is 12.8 Å². The average Bonchev–Trinajstić information content (AvgIpc) is 3.32. The first-order chi connectivity index (χ1) is 12.7. The van der Waals surface area contributed by atoms with Crippen LogP contribution in [-0.2, 0) is 11.2 Å². The summed E-state index contributed by atoms with van der Waals surface area (Å²) in [5.41, 5.74) is 6.54.